The first-order chi connectivity index (χ1) is 9.02. The molecule has 4 nitrogen and oxygen atoms in total. The van der Waals surface area contributed by atoms with Gasteiger partial charge in [0.1, 0.15) is 0 Å². The van der Waals surface area contributed by atoms with E-state index in [1.54, 1.807) is 0 Å². The summed E-state index contributed by atoms with van der Waals surface area (Å²) in [7, 11) is -0.843. The zero-order valence-electron chi connectivity index (χ0n) is 11.6. The Morgan fingerprint density at radius 3 is 2.53 bits per heavy atom. The van der Waals surface area contributed by atoms with Crippen LogP contribution in [0.4, 0.5) is 5.69 Å². The third-order valence-electron chi connectivity index (χ3n) is 3.68. The van der Waals surface area contributed by atoms with E-state index in [1.807, 2.05) is 7.05 Å². The number of sulfone groups is 1. The number of nitrogens with zero attached hydrogens (tertiary/aromatic N) is 1. The van der Waals surface area contributed by atoms with Crippen LogP contribution in [-0.2, 0) is 16.4 Å². The standard InChI is InChI=1S/C14H22N2O2S/c1-3-15-10-12-4-6-13(7-5-12)16(2)14-8-9-19(17,18)11-14/h4-7,14-15H,3,8-11H2,1-2H3. The second-order valence-electron chi connectivity index (χ2n) is 5.11. The number of rotatable bonds is 5. The molecule has 1 aromatic rings. The molecule has 1 atom stereocenters. The van der Waals surface area contributed by atoms with Gasteiger partial charge < -0.3 is 10.2 Å². The second-order valence-corrected chi connectivity index (χ2v) is 7.34. The molecule has 1 fully saturated rings. The van der Waals surface area contributed by atoms with Crippen LogP contribution < -0.4 is 10.2 Å². The summed E-state index contributed by atoms with van der Waals surface area (Å²) >= 11 is 0. The van der Waals surface area contributed by atoms with E-state index in [9.17, 15) is 8.42 Å². The van der Waals surface area contributed by atoms with Gasteiger partial charge in [-0.2, -0.15) is 0 Å². The minimum Gasteiger partial charge on any atom is -0.371 e. The summed E-state index contributed by atoms with van der Waals surface area (Å²) < 4.78 is 23.0. The molecule has 0 radical (unpaired) electrons. The van der Waals surface area contributed by atoms with Crippen LogP contribution in [0.1, 0.15) is 18.9 Å². The van der Waals surface area contributed by atoms with E-state index in [2.05, 4.69) is 41.4 Å². The lowest BCUT2D eigenvalue weighted by molar-refractivity contribution is 0.601. The summed E-state index contributed by atoms with van der Waals surface area (Å²) in [5.41, 5.74) is 2.33. The number of hydrogen-bond acceptors (Lipinski definition) is 4. The summed E-state index contributed by atoms with van der Waals surface area (Å²) in [6.45, 7) is 3.92. The van der Waals surface area contributed by atoms with Crippen molar-refractivity contribution in [2.75, 3.05) is 30.0 Å². The van der Waals surface area contributed by atoms with Gasteiger partial charge in [0.25, 0.3) is 0 Å². The molecular weight excluding hydrogens is 260 g/mol. The van der Waals surface area contributed by atoms with Gasteiger partial charge in [-0.1, -0.05) is 19.1 Å². The fraction of sp³-hybridized carbons (Fsp3) is 0.571. The molecule has 1 heterocycles. The maximum absolute atomic E-state index is 11.5. The molecular formula is C14H22N2O2S. The fourth-order valence-corrected chi connectivity index (χ4v) is 4.18. The quantitative estimate of drug-likeness (QED) is 0.887. The highest BCUT2D eigenvalue weighted by Crippen LogP contribution is 2.23. The summed E-state index contributed by atoms with van der Waals surface area (Å²) in [6.07, 6.45) is 0.734. The Hall–Kier alpha value is -1.07. The molecule has 1 aromatic carbocycles. The lowest BCUT2D eigenvalue weighted by Crippen LogP contribution is -2.32. The van der Waals surface area contributed by atoms with E-state index >= 15 is 0 Å². The van der Waals surface area contributed by atoms with Crippen molar-refractivity contribution in [3.63, 3.8) is 0 Å². The Morgan fingerprint density at radius 1 is 1.32 bits per heavy atom. The maximum atomic E-state index is 11.5. The Bertz CT molecular complexity index is 511. The van der Waals surface area contributed by atoms with Gasteiger partial charge in [-0.3, -0.25) is 0 Å². The highest BCUT2D eigenvalue weighted by molar-refractivity contribution is 7.91. The Balaban J connectivity index is 2.01. The van der Waals surface area contributed by atoms with Gasteiger partial charge in [0, 0.05) is 25.3 Å². The zero-order valence-corrected chi connectivity index (χ0v) is 12.4. The van der Waals surface area contributed by atoms with Gasteiger partial charge in [0.2, 0.25) is 0 Å². The van der Waals surface area contributed by atoms with Crippen molar-refractivity contribution in [1.82, 2.24) is 5.32 Å². The van der Waals surface area contributed by atoms with Crippen LogP contribution in [0.25, 0.3) is 0 Å². The second kappa shape index (κ2) is 5.92. The third-order valence-corrected chi connectivity index (χ3v) is 5.43. The van der Waals surface area contributed by atoms with E-state index in [-0.39, 0.29) is 11.8 Å². The topological polar surface area (TPSA) is 49.4 Å². The molecule has 5 heteroatoms. The molecule has 2 rings (SSSR count). The highest BCUT2D eigenvalue weighted by atomic mass is 32.2. The van der Waals surface area contributed by atoms with Crippen molar-refractivity contribution in [2.24, 2.45) is 0 Å². The first-order valence-electron chi connectivity index (χ1n) is 6.75. The summed E-state index contributed by atoms with van der Waals surface area (Å²) in [5.74, 6) is 0.600. The largest absolute Gasteiger partial charge is 0.371 e. The molecule has 19 heavy (non-hydrogen) atoms. The number of hydrogen-bond donors (Lipinski definition) is 1. The van der Waals surface area contributed by atoms with Crippen molar-refractivity contribution in [1.29, 1.82) is 0 Å². The van der Waals surface area contributed by atoms with Crippen molar-refractivity contribution < 1.29 is 8.42 Å². The highest BCUT2D eigenvalue weighted by Gasteiger charge is 2.30. The van der Waals surface area contributed by atoms with Gasteiger partial charge in [-0.05, 0) is 30.7 Å². The first kappa shape index (κ1) is 14.3. The van der Waals surface area contributed by atoms with Crippen molar-refractivity contribution in [3.05, 3.63) is 29.8 Å². The molecule has 0 amide bonds. The van der Waals surface area contributed by atoms with Crippen LogP contribution in [0.2, 0.25) is 0 Å². The normalized spacial score (nSPS) is 21.5. The molecule has 1 aliphatic rings. The number of nitrogens with one attached hydrogen (secondary N) is 1. The zero-order chi connectivity index (χ0) is 13.9. The van der Waals surface area contributed by atoms with Gasteiger partial charge in [0.15, 0.2) is 9.84 Å². The molecule has 0 aliphatic carbocycles. The van der Waals surface area contributed by atoms with Crippen molar-refractivity contribution in [2.45, 2.75) is 25.9 Å². The van der Waals surface area contributed by atoms with Gasteiger partial charge in [-0.25, -0.2) is 8.42 Å². The lowest BCUT2D eigenvalue weighted by Gasteiger charge is -2.25. The Labute approximate surface area is 115 Å². The number of anilines is 1. The molecule has 0 spiro atoms. The number of benzene rings is 1. The van der Waals surface area contributed by atoms with Crippen molar-refractivity contribution in [3.8, 4) is 0 Å². The van der Waals surface area contributed by atoms with Crippen molar-refractivity contribution >= 4 is 15.5 Å². The predicted molar refractivity (Wildman–Crippen MR) is 79.3 cm³/mol. The molecule has 1 aliphatic heterocycles. The average Bonchev–Trinajstić information content (AvgIpc) is 2.76. The van der Waals surface area contributed by atoms with Crippen LogP contribution in [-0.4, -0.2) is 39.6 Å². The van der Waals surface area contributed by atoms with E-state index in [0.29, 0.717) is 5.75 Å². The third kappa shape index (κ3) is 3.70. The molecule has 1 saturated heterocycles. The predicted octanol–water partition coefficient (Wildman–Crippen LogP) is 1.42. The minimum atomic E-state index is -2.82. The Kier molecular flexibility index (Phi) is 4.47. The molecule has 106 valence electrons. The van der Waals surface area contributed by atoms with E-state index in [1.165, 1.54) is 5.56 Å². The molecule has 0 saturated carbocycles. The SMILES string of the molecule is CCNCc1ccc(N(C)C2CCS(=O)(=O)C2)cc1. The molecule has 1 unspecified atom stereocenters. The van der Waals surface area contributed by atoms with E-state index in [4.69, 9.17) is 0 Å². The smallest absolute Gasteiger partial charge is 0.152 e. The monoisotopic (exact) mass is 282 g/mol. The van der Waals surface area contributed by atoms with Gasteiger partial charge >= 0.3 is 0 Å². The lowest BCUT2D eigenvalue weighted by atomic mass is 10.1. The molecule has 0 bridgehead atoms. The summed E-state index contributed by atoms with van der Waals surface area (Å²) in [6, 6.07) is 8.44. The maximum Gasteiger partial charge on any atom is 0.152 e. The van der Waals surface area contributed by atoms with Gasteiger partial charge in [0.05, 0.1) is 11.5 Å². The van der Waals surface area contributed by atoms with Crippen LogP contribution in [0.3, 0.4) is 0 Å². The van der Waals surface area contributed by atoms with E-state index < -0.39 is 9.84 Å². The van der Waals surface area contributed by atoms with Gasteiger partial charge in [-0.15, -0.1) is 0 Å². The summed E-state index contributed by atoms with van der Waals surface area (Å²) in [4.78, 5) is 2.08. The molecule has 0 aromatic heterocycles. The van der Waals surface area contributed by atoms with E-state index in [0.717, 1.165) is 25.2 Å². The van der Waals surface area contributed by atoms with Crippen LogP contribution in [0, 0.1) is 0 Å². The van der Waals surface area contributed by atoms with Crippen LogP contribution >= 0.6 is 0 Å². The molecule has 1 N–H and O–H groups in total. The fourth-order valence-electron chi connectivity index (χ4n) is 2.41. The summed E-state index contributed by atoms with van der Waals surface area (Å²) in [5, 5.41) is 3.29. The van der Waals surface area contributed by atoms with Crippen LogP contribution in [0.5, 0.6) is 0 Å². The average molecular weight is 282 g/mol. The Morgan fingerprint density at radius 2 is 2.00 bits per heavy atom. The minimum absolute atomic E-state index is 0.115. The van der Waals surface area contributed by atoms with Crippen LogP contribution in [0.15, 0.2) is 24.3 Å². The first-order valence-corrected chi connectivity index (χ1v) is 8.57.